The summed E-state index contributed by atoms with van der Waals surface area (Å²) < 4.78 is 5.03. The topological polar surface area (TPSA) is 79.5 Å². The fourth-order valence-electron chi connectivity index (χ4n) is 1.97. The number of carboxylic acid groups (broad SMARTS) is 1. The molecule has 5 nitrogen and oxygen atoms in total. The Morgan fingerprint density at radius 1 is 1.14 bits per heavy atom. The van der Waals surface area contributed by atoms with E-state index in [0.717, 1.165) is 11.1 Å². The second-order valence-corrected chi connectivity index (χ2v) is 4.70. The number of benzene rings is 1. The summed E-state index contributed by atoms with van der Waals surface area (Å²) in [6.45, 7) is 0.474. The van der Waals surface area contributed by atoms with Gasteiger partial charge in [0.25, 0.3) is 5.91 Å². The lowest BCUT2D eigenvalue weighted by molar-refractivity contribution is -0.137. The number of unbranched alkanes of at least 4 members (excludes halogenated alkanes) is 1. The number of hydrogen-bond acceptors (Lipinski definition) is 3. The number of carbonyl (C=O) groups excluding carboxylic acids is 1. The van der Waals surface area contributed by atoms with Gasteiger partial charge in [-0.2, -0.15) is 0 Å². The van der Waals surface area contributed by atoms with Crippen LogP contribution >= 0.6 is 0 Å². The Morgan fingerprint density at radius 2 is 2.00 bits per heavy atom. The Balaban J connectivity index is 1.88. The molecule has 0 bridgehead atoms. The van der Waals surface area contributed by atoms with Gasteiger partial charge in [-0.3, -0.25) is 9.59 Å². The minimum atomic E-state index is -0.811. The Hall–Kier alpha value is -2.56. The first-order valence-electron chi connectivity index (χ1n) is 6.79. The highest BCUT2D eigenvalue weighted by Gasteiger charge is 2.07. The van der Waals surface area contributed by atoms with Crippen molar-refractivity contribution in [1.82, 2.24) is 5.32 Å². The van der Waals surface area contributed by atoms with Gasteiger partial charge in [-0.05, 0) is 36.6 Å². The van der Waals surface area contributed by atoms with Crippen molar-refractivity contribution in [2.75, 3.05) is 6.54 Å². The zero-order valence-corrected chi connectivity index (χ0v) is 11.5. The highest BCUT2D eigenvalue weighted by Crippen LogP contribution is 2.20. The largest absolute Gasteiger partial charge is 0.481 e. The summed E-state index contributed by atoms with van der Waals surface area (Å²) >= 11 is 0. The van der Waals surface area contributed by atoms with Gasteiger partial charge in [-0.15, -0.1) is 0 Å². The number of nitrogens with one attached hydrogen (secondary N) is 1. The molecule has 5 heteroatoms. The lowest BCUT2D eigenvalue weighted by Gasteiger charge is -2.06. The fraction of sp³-hybridized carbons (Fsp3) is 0.250. The highest BCUT2D eigenvalue weighted by atomic mass is 16.4. The summed E-state index contributed by atoms with van der Waals surface area (Å²) in [6, 6.07) is 9.12. The normalized spacial score (nSPS) is 10.3. The van der Waals surface area contributed by atoms with Crippen molar-refractivity contribution < 1.29 is 19.1 Å². The van der Waals surface area contributed by atoms with Gasteiger partial charge < -0.3 is 14.8 Å². The van der Waals surface area contributed by atoms with Crippen LogP contribution in [0.5, 0.6) is 0 Å². The Bertz CT molecular complexity index is 604. The van der Waals surface area contributed by atoms with Gasteiger partial charge in [-0.25, -0.2) is 0 Å². The van der Waals surface area contributed by atoms with E-state index in [1.807, 2.05) is 18.2 Å². The molecule has 1 aromatic heterocycles. The summed E-state index contributed by atoms with van der Waals surface area (Å²) in [5.41, 5.74) is 2.42. The Morgan fingerprint density at radius 3 is 2.71 bits per heavy atom. The molecule has 2 aromatic rings. The molecule has 0 saturated carbocycles. The van der Waals surface area contributed by atoms with Crippen molar-refractivity contribution >= 4 is 11.9 Å². The molecule has 2 rings (SSSR count). The molecule has 1 heterocycles. The molecule has 0 fully saturated rings. The molecule has 1 amide bonds. The molecular weight excluding hydrogens is 270 g/mol. The first-order chi connectivity index (χ1) is 10.2. The highest BCUT2D eigenvalue weighted by molar-refractivity contribution is 5.95. The minimum Gasteiger partial charge on any atom is -0.481 e. The average molecular weight is 287 g/mol. The van der Waals surface area contributed by atoms with Crippen LogP contribution in [0.25, 0.3) is 11.1 Å². The lowest BCUT2D eigenvalue weighted by Crippen LogP contribution is -2.24. The summed E-state index contributed by atoms with van der Waals surface area (Å²) in [4.78, 5) is 22.4. The molecule has 1 aromatic carbocycles. The monoisotopic (exact) mass is 287 g/mol. The lowest BCUT2D eigenvalue weighted by atomic mass is 10.1. The molecule has 0 aliphatic rings. The predicted octanol–water partition coefficient (Wildman–Crippen LogP) is 2.93. The van der Waals surface area contributed by atoms with Crippen LogP contribution in [0.1, 0.15) is 29.6 Å². The standard InChI is InChI=1S/C16H17NO4/c18-15(19)6-1-2-8-17-16(20)13-5-3-4-12(10-13)14-7-9-21-11-14/h3-5,7,9-11H,1-2,6,8H2,(H,17,20)(H,18,19). The van der Waals surface area contributed by atoms with E-state index >= 15 is 0 Å². The number of rotatable bonds is 7. The number of furan rings is 1. The zero-order chi connectivity index (χ0) is 15.1. The minimum absolute atomic E-state index is 0.131. The molecule has 2 N–H and O–H groups in total. The van der Waals surface area contributed by atoms with Gasteiger partial charge in [0.15, 0.2) is 0 Å². The number of carbonyl (C=O) groups is 2. The van der Waals surface area contributed by atoms with Crippen LogP contribution in [0.3, 0.4) is 0 Å². The fourth-order valence-corrected chi connectivity index (χ4v) is 1.97. The second-order valence-electron chi connectivity index (χ2n) is 4.70. The summed E-state index contributed by atoms with van der Waals surface area (Å²) in [6.07, 6.45) is 4.56. The van der Waals surface area contributed by atoms with Crippen molar-refractivity contribution in [3.63, 3.8) is 0 Å². The molecule has 110 valence electrons. The molecule has 21 heavy (non-hydrogen) atoms. The van der Waals surface area contributed by atoms with Crippen molar-refractivity contribution in [2.45, 2.75) is 19.3 Å². The summed E-state index contributed by atoms with van der Waals surface area (Å²) in [5, 5.41) is 11.3. The molecule has 0 radical (unpaired) electrons. The number of amides is 1. The van der Waals surface area contributed by atoms with Crippen LogP contribution in [-0.4, -0.2) is 23.5 Å². The van der Waals surface area contributed by atoms with Crippen molar-refractivity contribution in [3.05, 3.63) is 48.4 Å². The molecule has 0 saturated heterocycles. The van der Waals surface area contributed by atoms with Gasteiger partial charge in [0, 0.05) is 24.1 Å². The van der Waals surface area contributed by atoms with E-state index in [9.17, 15) is 9.59 Å². The second kappa shape index (κ2) is 7.28. The third kappa shape index (κ3) is 4.49. The first-order valence-corrected chi connectivity index (χ1v) is 6.79. The van der Waals surface area contributed by atoms with Crippen molar-refractivity contribution in [2.24, 2.45) is 0 Å². The van der Waals surface area contributed by atoms with E-state index < -0.39 is 5.97 Å². The maximum Gasteiger partial charge on any atom is 0.303 e. The average Bonchev–Trinajstić information content (AvgIpc) is 3.01. The quantitative estimate of drug-likeness (QED) is 0.767. The summed E-state index contributed by atoms with van der Waals surface area (Å²) in [7, 11) is 0. The van der Waals surface area contributed by atoms with Gasteiger partial charge in [-0.1, -0.05) is 12.1 Å². The van der Waals surface area contributed by atoms with Gasteiger partial charge >= 0.3 is 5.97 Å². The van der Waals surface area contributed by atoms with Crippen LogP contribution in [0.15, 0.2) is 47.3 Å². The van der Waals surface area contributed by atoms with Crippen molar-refractivity contribution in [3.8, 4) is 11.1 Å². The van der Waals surface area contributed by atoms with Crippen LogP contribution < -0.4 is 5.32 Å². The molecule has 0 spiro atoms. The van der Waals surface area contributed by atoms with Crippen LogP contribution in [0, 0.1) is 0 Å². The maximum atomic E-state index is 12.0. The number of carboxylic acids is 1. The number of aliphatic carboxylic acids is 1. The predicted molar refractivity (Wildman–Crippen MR) is 78.0 cm³/mol. The molecular formula is C16H17NO4. The van der Waals surface area contributed by atoms with Crippen LogP contribution in [-0.2, 0) is 4.79 Å². The molecule has 0 aliphatic heterocycles. The third-order valence-electron chi connectivity index (χ3n) is 3.08. The maximum absolute atomic E-state index is 12.0. The smallest absolute Gasteiger partial charge is 0.303 e. The van der Waals surface area contributed by atoms with E-state index in [-0.39, 0.29) is 12.3 Å². The first kappa shape index (κ1) is 14.8. The summed E-state index contributed by atoms with van der Waals surface area (Å²) in [5.74, 6) is -0.968. The van der Waals surface area contributed by atoms with Crippen molar-refractivity contribution in [1.29, 1.82) is 0 Å². The van der Waals surface area contributed by atoms with Gasteiger partial charge in [0.05, 0.1) is 12.5 Å². The van der Waals surface area contributed by atoms with Gasteiger partial charge in [0.1, 0.15) is 0 Å². The Labute approximate surface area is 122 Å². The SMILES string of the molecule is O=C(O)CCCCNC(=O)c1cccc(-c2ccoc2)c1. The number of hydrogen-bond donors (Lipinski definition) is 2. The van der Waals surface area contributed by atoms with Crippen LogP contribution in [0.4, 0.5) is 0 Å². The Kier molecular flexibility index (Phi) is 5.15. The van der Waals surface area contributed by atoms with E-state index in [1.165, 1.54) is 0 Å². The van der Waals surface area contributed by atoms with E-state index in [2.05, 4.69) is 5.32 Å². The van der Waals surface area contributed by atoms with E-state index in [1.54, 1.807) is 24.7 Å². The van der Waals surface area contributed by atoms with E-state index in [0.29, 0.717) is 24.9 Å². The van der Waals surface area contributed by atoms with Crippen LogP contribution in [0.2, 0.25) is 0 Å². The molecule has 0 unspecified atom stereocenters. The molecule has 0 atom stereocenters. The molecule has 0 aliphatic carbocycles. The third-order valence-corrected chi connectivity index (χ3v) is 3.08. The zero-order valence-electron chi connectivity index (χ0n) is 11.5. The van der Waals surface area contributed by atoms with E-state index in [4.69, 9.17) is 9.52 Å². The van der Waals surface area contributed by atoms with Gasteiger partial charge in [0.2, 0.25) is 0 Å².